The van der Waals surface area contributed by atoms with E-state index in [1.54, 1.807) is 0 Å². The SMILES string of the molecule is CC(C)(C)NC(=O)c1cncc(F)c1. The Hall–Kier alpha value is -1.45. The van der Waals surface area contributed by atoms with Crippen molar-refractivity contribution in [2.45, 2.75) is 26.3 Å². The monoisotopic (exact) mass is 196 g/mol. The lowest BCUT2D eigenvalue weighted by Crippen LogP contribution is -2.40. The molecule has 0 fully saturated rings. The fourth-order valence-corrected chi connectivity index (χ4v) is 0.949. The summed E-state index contributed by atoms with van der Waals surface area (Å²) in [5.41, 5.74) is -0.0939. The highest BCUT2D eigenvalue weighted by Crippen LogP contribution is 2.04. The van der Waals surface area contributed by atoms with Gasteiger partial charge < -0.3 is 5.32 Å². The normalized spacial score (nSPS) is 11.1. The van der Waals surface area contributed by atoms with Gasteiger partial charge in [0.05, 0.1) is 11.8 Å². The molecule has 0 aliphatic heterocycles. The minimum atomic E-state index is -0.508. The van der Waals surface area contributed by atoms with Crippen molar-refractivity contribution in [3.63, 3.8) is 0 Å². The lowest BCUT2D eigenvalue weighted by atomic mass is 10.1. The van der Waals surface area contributed by atoms with E-state index >= 15 is 0 Å². The second-order valence-corrected chi connectivity index (χ2v) is 4.10. The van der Waals surface area contributed by atoms with Crippen molar-refractivity contribution in [1.82, 2.24) is 10.3 Å². The van der Waals surface area contributed by atoms with Crippen LogP contribution in [0.5, 0.6) is 0 Å². The Bertz CT molecular complexity index is 344. The van der Waals surface area contributed by atoms with E-state index in [0.717, 1.165) is 12.3 Å². The van der Waals surface area contributed by atoms with E-state index in [2.05, 4.69) is 10.3 Å². The number of aromatic nitrogens is 1. The van der Waals surface area contributed by atoms with Crippen molar-refractivity contribution >= 4 is 5.91 Å². The molecular weight excluding hydrogens is 183 g/mol. The molecule has 1 aromatic heterocycles. The molecule has 1 rings (SSSR count). The zero-order chi connectivity index (χ0) is 10.8. The van der Waals surface area contributed by atoms with E-state index < -0.39 is 5.82 Å². The van der Waals surface area contributed by atoms with Gasteiger partial charge in [-0.15, -0.1) is 0 Å². The maximum absolute atomic E-state index is 12.7. The Morgan fingerprint density at radius 1 is 1.43 bits per heavy atom. The number of nitrogens with zero attached hydrogens (tertiary/aromatic N) is 1. The summed E-state index contributed by atoms with van der Waals surface area (Å²) in [7, 11) is 0. The van der Waals surface area contributed by atoms with E-state index in [-0.39, 0.29) is 17.0 Å². The minimum absolute atomic E-state index is 0.236. The average molecular weight is 196 g/mol. The third-order valence-electron chi connectivity index (χ3n) is 1.46. The molecule has 0 unspecified atom stereocenters. The molecular formula is C10H13FN2O. The molecule has 1 heterocycles. The molecule has 0 bridgehead atoms. The second-order valence-electron chi connectivity index (χ2n) is 4.10. The topological polar surface area (TPSA) is 42.0 Å². The number of hydrogen-bond acceptors (Lipinski definition) is 2. The molecule has 4 heteroatoms. The van der Waals surface area contributed by atoms with Gasteiger partial charge in [-0.2, -0.15) is 0 Å². The molecule has 0 spiro atoms. The van der Waals surface area contributed by atoms with E-state index in [4.69, 9.17) is 0 Å². The zero-order valence-electron chi connectivity index (χ0n) is 8.47. The Morgan fingerprint density at radius 2 is 2.07 bits per heavy atom. The van der Waals surface area contributed by atoms with Gasteiger partial charge in [0.25, 0.3) is 5.91 Å². The van der Waals surface area contributed by atoms with Crippen LogP contribution in [0.15, 0.2) is 18.5 Å². The third kappa shape index (κ3) is 3.12. The van der Waals surface area contributed by atoms with Gasteiger partial charge in [0, 0.05) is 11.7 Å². The Morgan fingerprint density at radius 3 is 2.57 bits per heavy atom. The predicted molar refractivity (Wildman–Crippen MR) is 51.4 cm³/mol. The highest BCUT2D eigenvalue weighted by molar-refractivity contribution is 5.94. The van der Waals surface area contributed by atoms with Crippen LogP contribution in [0.1, 0.15) is 31.1 Å². The first kappa shape index (κ1) is 10.6. The van der Waals surface area contributed by atoms with Gasteiger partial charge >= 0.3 is 0 Å². The summed E-state index contributed by atoms with van der Waals surface area (Å²) in [5.74, 6) is -0.823. The Kier molecular flexibility index (Phi) is 2.84. The highest BCUT2D eigenvalue weighted by atomic mass is 19.1. The van der Waals surface area contributed by atoms with Crippen molar-refractivity contribution in [3.05, 3.63) is 29.8 Å². The van der Waals surface area contributed by atoms with Gasteiger partial charge in [-0.25, -0.2) is 4.39 Å². The van der Waals surface area contributed by atoms with Crippen LogP contribution in [0.2, 0.25) is 0 Å². The lowest BCUT2D eigenvalue weighted by Gasteiger charge is -2.20. The molecule has 1 N–H and O–H groups in total. The van der Waals surface area contributed by atoms with Crippen molar-refractivity contribution in [3.8, 4) is 0 Å². The fraction of sp³-hybridized carbons (Fsp3) is 0.400. The third-order valence-corrected chi connectivity index (χ3v) is 1.46. The van der Waals surface area contributed by atoms with Crippen LogP contribution in [0.25, 0.3) is 0 Å². The summed E-state index contributed by atoms with van der Waals surface area (Å²) in [6, 6.07) is 1.16. The summed E-state index contributed by atoms with van der Waals surface area (Å²) in [6.07, 6.45) is 2.40. The van der Waals surface area contributed by atoms with E-state index in [1.165, 1.54) is 6.20 Å². The molecule has 76 valence electrons. The van der Waals surface area contributed by atoms with E-state index in [0.29, 0.717) is 0 Å². The summed E-state index contributed by atoms with van der Waals surface area (Å²) in [5, 5.41) is 2.72. The van der Waals surface area contributed by atoms with Crippen LogP contribution in [0.4, 0.5) is 4.39 Å². The summed E-state index contributed by atoms with van der Waals surface area (Å²) in [6.45, 7) is 5.58. The average Bonchev–Trinajstić information content (AvgIpc) is 2.01. The first-order chi connectivity index (χ1) is 6.38. The van der Waals surface area contributed by atoms with Crippen LogP contribution in [0.3, 0.4) is 0 Å². The number of pyridine rings is 1. The number of amides is 1. The van der Waals surface area contributed by atoms with Gasteiger partial charge in [-0.1, -0.05) is 0 Å². The molecule has 3 nitrogen and oxygen atoms in total. The molecule has 1 aromatic rings. The number of rotatable bonds is 1. The number of halogens is 1. The molecule has 1 amide bonds. The van der Waals surface area contributed by atoms with Crippen molar-refractivity contribution < 1.29 is 9.18 Å². The molecule has 0 saturated carbocycles. The van der Waals surface area contributed by atoms with Crippen molar-refractivity contribution in [1.29, 1.82) is 0 Å². The van der Waals surface area contributed by atoms with Crippen LogP contribution in [-0.4, -0.2) is 16.4 Å². The highest BCUT2D eigenvalue weighted by Gasteiger charge is 2.15. The number of carbonyl (C=O) groups is 1. The standard InChI is InChI=1S/C10H13FN2O/c1-10(2,3)13-9(14)7-4-8(11)6-12-5-7/h4-6H,1-3H3,(H,13,14). The number of nitrogens with one attached hydrogen (secondary N) is 1. The quantitative estimate of drug-likeness (QED) is 0.743. The minimum Gasteiger partial charge on any atom is -0.347 e. The first-order valence-electron chi connectivity index (χ1n) is 4.31. The van der Waals surface area contributed by atoms with Crippen LogP contribution in [-0.2, 0) is 0 Å². The number of hydrogen-bond donors (Lipinski definition) is 1. The lowest BCUT2D eigenvalue weighted by molar-refractivity contribution is 0.0918. The molecule has 0 aliphatic carbocycles. The Labute approximate surface area is 82.4 Å². The molecule has 0 aromatic carbocycles. The molecule has 0 aliphatic rings. The number of carbonyl (C=O) groups excluding carboxylic acids is 1. The Balaban J connectivity index is 2.80. The predicted octanol–water partition coefficient (Wildman–Crippen LogP) is 1.75. The van der Waals surface area contributed by atoms with Gasteiger partial charge in [-0.05, 0) is 26.8 Å². The summed E-state index contributed by atoms with van der Waals surface area (Å²) < 4.78 is 12.7. The van der Waals surface area contributed by atoms with Crippen LogP contribution >= 0.6 is 0 Å². The molecule has 0 atom stereocenters. The first-order valence-corrected chi connectivity index (χ1v) is 4.31. The fourth-order valence-electron chi connectivity index (χ4n) is 0.949. The van der Waals surface area contributed by atoms with Gasteiger partial charge in [0.1, 0.15) is 5.82 Å². The van der Waals surface area contributed by atoms with E-state index in [1.807, 2.05) is 20.8 Å². The van der Waals surface area contributed by atoms with Crippen molar-refractivity contribution in [2.75, 3.05) is 0 Å². The molecule has 14 heavy (non-hydrogen) atoms. The maximum Gasteiger partial charge on any atom is 0.253 e. The second kappa shape index (κ2) is 3.74. The zero-order valence-corrected chi connectivity index (χ0v) is 8.47. The van der Waals surface area contributed by atoms with E-state index in [9.17, 15) is 9.18 Å². The van der Waals surface area contributed by atoms with Crippen molar-refractivity contribution in [2.24, 2.45) is 0 Å². The van der Waals surface area contributed by atoms with Gasteiger partial charge in [-0.3, -0.25) is 9.78 Å². The summed E-state index contributed by atoms with van der Waals surface area (Å²) >= 11 is 0. The van der Waals surface area contributed by atoms with Gasteiger partial charge in [0.15, 0.2) is 0 Å². The molecule has 0 radical (unpaired) electrons. The van der Waals surface area contributed by atoms with Gasteiger partial charge in [0.2, 0.25) is 0 Å². The van der Waals surface area contributed by atoms with Crippen LogP contribution < -0.4 is 5.32 Å². The van der Waals surface area contributed by atoms with Crippen LogP contribution in [0, 0.1) is 5.82 Å². The smallest absolute Gasteiger partial charge is 0.253 e. The maximum atomic E-state index is 12.7. The summed E-state index contributed by atoms with van der Waals surface area (Å²) in [4.78, 5) is 15.1. The molecule has 0 saturated heterocycles. The largest absolute Gasteiger partial charge is 0.347 e.